The van der Waals surface area contributed by atoms with Crippen molar-refractivity contribution in [3.05, 3.63) is 64.1 Å². The number of rotatable bonds is 2. The largest absolute Gasteiger partial charge is 0.465 e. The summed E-state index contributed by atoms with van der Waals surface area (Å²) < 4.78 is 43.4. The Morgan fingerprint density at radius 3 is 2.52 bits per heavy atom. The zero-order valence-electron chi connectivity index (χ0n) is 10.8. The molecule has 21 heavy (non-hydrogen) atoms. The number of halogens is 3. The number of carbonyl (C=O) groups excluding carboxylic acids is 1. The highest BCUT2D eigenvalue weighted by Gasteiger charge is 2.31. The monoisotopic (exact) mass is 297 g/mol. The summed E-state index contributed by atoms with van der Waals surface area (Å²) in [5.41, 5.74) is -1.30. The van der Waals surface area contributed by atoms with Crippen molar-refractivity contribution in [1.82, 2.24) is 4.57 Å². The molecular formula is C14H10F3NO3. The van der Waals surface area contributed by atoms with Crippen molar-refractivity contribution in [1.29, 1.82) is 0 Å². The third kappa shape index (κ3) is 3.13. The molecule has 0 aliphatic rings. The number of hydrogen-bond acceptors (Lipinski definition) is 3. The first-order valence-electron chi connectivity index (χ1n) is 5.81. The molecule has 4 nitrogen and oxygen atoms in total. The first-order chi connectivity index (χ1) is 9.82. The first kappa shape index (κ1) is 14.8. The van der Waals surface area contributed by atoms with E-state index in [0.29, 0.717) is 12.3 Å². The summed E-state index contributed by atoms with van der Waals surface area (Å²) in [5, 5.41) is 0. The van der Waals surface area contributed by atoms with E-state index in [9.17, 15) is 22.8 Å². The lowest BCUT2D eigenvalue weighted by atomic mass is 10.2. The third-order valence-corrected chi connectivity index (χ3v) is 2.78. The van der Waals surface area contributed by atoms with Crippen molar-refractivity contribution in [2.24, 2.45) is 0 Å². The molecule has 0 atom stereocenters. The average molecular weight is 297 g/mol. The molecule has 0 amide bonds. The normalized spacial score (nSPS) is 11.2. The predicted octanol–water partition coefficient (Wildman–Crippen LogP) is 2.64. The van der Waals surface area contributed by atoms with Crippen LogP contribution < -0.4 is 5.56 Å². The van der Waals surface area contributed by atoms with Gasteiger partial charge in [0.1, 0.15) is 0 Å². The molecule has 0 aliphatic heterocycles. The molecule has 110 valence electrons. The minimum atomic E-state index is -4.56. The lowest BCUT2D eigenvalue weighted by molar-refractivity contribution is -0.138. The molecule has 0 N–H and O–H groups in total. The zero-order chi connectivity index (χ0) is 15.6. The van der Waals surface area contributed by atoms with E-state index in [1.807, 2.05) is 0 Å². The maximum Gasteiger partial charge on any atom is 0.417 e. The van der Waals surface area contributed by atoms with Crippen molar-refractivity contribution < 1.29 is 22.7 Å². The summed E-state index contributed by atoms with van der Waals surface area (Å²) in [4.78, 5) is 23.1. The minimum Gasteiger partial charge on any atom is -0.465 e. The highest BCUT2D eigenvalue weighted by atomic mass is 19.4. The molecule has 1 aromatic heterocycles. The van der Waals surface area contributed by atoms with E-state index in [1.54, 1.807) is 0 Å². The van der Waals surface area contributed by atoms with Crippen LogP contribution in [0, 0.1) is 0 Å². The smallest absolute Gasteiger partial charge is 0.417 e. The molecule has 0 unspecified atom stereocenters. The van der Waals surface area contributed by atoms with Crippen LogP contribution in [0.4, 0.5) is 13.2 Å². The van der Waals surface area contributed by atoms with Gasteiger partial charge in [-0.15, -0.1) is 0 Å². The predicted molar refractivity (Wildman–Crippen MR) is 68.4 cm³/mol. The van der Waals surface area contributed by atoms with Crippen molar-refractivity contribution in [3.63, 3.8) is 0 Å². The van der Waals surface area contributed by atoms with E-state index >= 15 is 0 Å². The van der Waals surface area contributed by atoms with Crippen LogP contribution in [0.25, 0.3) is 5.69 Å². The highest BCUT2D eigenvalue weighted by Crippen LogP contribution is 2.28. The second-order valence-corrected chi connectivity index (χ2v) is 4.17. The van der Waals surface area contributed by atoms with Gasteiger partial charge >= 0.3 is 12.1 Å². The number of aromatic nitrogens is 1. The number of pyridine rings is 1. The molecule has 0 saturated carbocycles. The molecule has 1 heterocycles. The Balaban J connectivity index is 2.56. The zero-order valence-corrected chi connectivity index (χ0v) is 10.8. The number of ether oxygens (including phenoxy) is 1. The maximum absolute atomic E-state index is 12.7. The Morgan fingerprint density at radius 2 is 1.90 bits per heavy atom. The van der Waals surface area contributed by atoms with Crippen molar-refractivity contribution in [2.75, 3.05) is 7.11 Å². The Labute approximate surface area is 117 Å². The van der Waals surface area contributed by atoms with E-state index in [-0.39, 0.29) is 11.3 Å². The van der Waals surface area contributed by atoms with Gasteiger partial charge in [0.25, 0.3) is 5.56 Å². The fourth-order valence-electron chi connectivity index (χ4n) is 1.76. The molecule has 2 rings (SSSR count). The Morgan fingerprint density at radius 1 is 1.19 bits per heavy atom. The van der Waals surface area contributed by atoms with Crippen molar-refractivity contribution in [2.45, 2.75) is 6.18 Å². The molecular weight excluding hydrogens is 287 g/mol. The van der Waals surface area contributed by atoms with Crippen LogP contribution in [0.2, 0.25) is 0 Å². The van der Waals surface area contributed by atoms with Crippen LogP contribution in [0.5, 0.6) is 0 Å². The van der Waals surface area contributed by atoms with E-state index in [4.69, 9.17) is 0 Å². The molecule has 0 spiro atoms. The molecule has 2 aromatic rings. The molecule has 7 heteroatoms. The van der Waals surface area contributed by atoms with Crippen LogP contribution in [0.1, 0.15) is 15.9 Å². The summed E-state index contributed by atoms with van der Waals surface area (Å²) in [6.07, 6.45) is -3.87. The van der Waals surface area contributed by atoms with E-state index in [0.717, 1.165) is 10.6 Å². The molecule has 1 aromatic carbocycles. The standard InChI is InChI=1S/C14H10F3NO3/c1-21-13(20)9-3-2-4-11(7-9)18-8-10(14(15,16)17)5-6-12(18)19/h2-8H,1H3. The Kier molecular flexibility index (Phi) is 3.84. The lowest BCUT2D eigenvalue weighted by Crippen LogP contribution is -2.20. The molecule has 0 aliphatic carbocycles. The van der Waals surface area contributed by atoms with Crippen LogP contribution in [-0.2, 0) is 10.9 Å². The maximum atomic E-state index is 12.7. The summed E-state index contributed by atoms with van der Waals surface area (Å²) in [7, 11) is 1.19. The van der Waals surface area contributed by atoms with Gasteiger partial charge in [0.15, 0.2) is 0 Å². The average Bonchev–Trinajstić information content (AvgIpc) is 2.45. The van der Waals surface area contributed by atoms with Crippen LogP contribution in [0.3, 0.4) is 0 Å². The number of alkyl halides is 3. The van der Waals surface area contributed by atoms with Gasteiger partial charge in [-0.2, -0.15) is 13.2 Å². The van der Waals surface area contributed by atoms with E-state index in [2.05, 4.69) is 4.74 Å². The van der Waals surface area contributed by atoms with Gasteiger partial charge in [-0.25, -0.2) is 4.79 Å². The minimum absolute atomic E-state index is 0.138. The molecule has 0 radical (unpaired) electrons. The van der Waals surface area contributed by atoms with Gasteiger partial charge in [0.05, 0.1) is 18.2 Å². The van der Waals surface area contributed by atoms with E-state index in [1.165, 1.54) is 31.4 Å². The summed E-state index contributed by atoms with van der Waals surface area (Å²) in [6, 6.07) is 7.14. The van der Waals surface area contributed by atoms with Gasteiger partial charge in [-0.3, -0.25) is 9.36 Å². The second kappa shape index (κ2) is 5.43. The SMILES string of the molecule is COC(=O)c1cccc(-n2cc(C(F)(F)F)ccc2=O)c1. The first-order valence-corrected chi connectivity index (χ1v) is 5.81. The lowest BCUT2D eigenvalue weighted by Gasteiger charge is -2.11. The third-order valence-electron chi connectivity index (χ3n) is 2.78. The van der Waals surface area contributed by atoms with Gasteiger partial charge in [-0.1, -0.05) is 6.07 Å². The fourth-order valence-corrected chi connectivity index (χ4v) is 1.76. The number of nitrogens with zero attached hydrogens (tertiary/aromatic N) is 1. The van der Waals surface area contributed by atoms with Gasteiger partial charge in [0.2, 0.25) is 0 Å². The van der Waals surface area contributed by atoms with E-state index < -0.39 is 23.3 Å². The Hall–Kier alpha value is -2.57. The van der Waals surface area contributed by atoms with Gasteiger partial charge < -0.3 is 4.74 Å². The number of benzene rings is 1. The fraction of sp³-hybridized carbons (Fsp3) is 0.143. The van der Waals surface area contributed by atoms with Crippen LogP contribution in [-0.4, -0.2) is 17.6 Å². The number of carbonyl (C=O) groups is 1. The van der Waals surface area contributed by atoms with Crippen molar-refractivity contribution >= 4 is 5.97 Å². The highest BCUT2D eigenvalue weighted by molar-refractivity contribution is 5.89. The second-order valence-electron chi connectivity index (χ2n) is 4.17. The Bertz CT molecular complexity index is 735. The van der Waals surface area contributed by atoms with Crippen LogP contribution in [0.15, 0.2) is 47.4 Å². The topological polar surface area (TPSA) is 48.3 Å². The quantitative estimate of drug-likeness (QED) is 0.801. The number of hydrogen-bond donors (Lipinski definition) is 0. The molecule has 0 fully saturated rings. The van der Waals surface area contributed by atoms with Gasteiger partial charge in [0, 0.05) is 18.0 Å². The number of esters is 1. The summed E-state index contributed by atoms with van der Waals surface area (Å²) in [6.45, 7) is 0. The number of methoxy groups -OCH3 is 1. The van der Waals surface area contributed by atoms with Crippen LogP contribution >= 0.6 is 0 Å². The molecule has 0 saturated heterocycles. The molecule has 0 bridgehead atoms. The van der Waals surface area contributed by atoms with Gasteiger partial charge in [-0.05, 0) is 24.3 Å². The van der Waals surface area contributed by atoms with Crippen molar-refractivity contribution in [3.8, 4) is 5.69 Å². The summed E-state index contributed by atoms with van der Waals surface area (Å²) in [5.74, 6) is -0.642. The summed E-state index contributed by atoms with van der Waals surface area (Å²) >= 11 is 0.